The fraction of sp³-hybridized carbons (Fsp3) is 0.500. The van der Waals surface area contributed by atoms with Crippen LogP contribution in [-0.4, -0.2) is 18.0 Å². The molecule has 1 saturated heterocycles. The van der Waals surface area contributed by atoms with Gasteiger partial charge in [0, 0.05) is 25.3 Å². The lowest BCUT2D eigenvalue weighted by molar-refractivity contribution is 0.0244. The molecule has 1 aliphatic rings. The Bertz CT molecular complexity index is 323. The standard InChI is InChI=1S/C12H18N2/c1-12(2)8-14(9-12)7-10-5-3-4-6-11(10)13/h3-6H,7-9,13H2,1-2H3. The van der Waals surface area contributed by atoms with Gasteiger partial charge in [-0.2, -0.15) is 0 Å². The van der Waals surface area contributed by atoms with Gasteiger partial charge in [-0.25, -0.2) is 0 Å². The van der Waals surface area contributed by atoms with Gasteiger partial charge in [0.2, 0.25) is 0 Å². The molecule has 2 rings (SSSR count). The summed E-state index contributed by atoms with van der Waals surface area (Å²) < 4.78 is 0. The van der Waals surface area contributed by atoms with Crippen LogP contribution in [0.3, 0.4) is 0 Å². The Morgan fingerprint density at radius 3 is 2.50 bits per heavy atom. The molecule has 1 aromatic carbocycles. The van der Waals surface area contributed by atoms with E-state index in [4.69, 9.17) is 5.73 Å². The molecule has 0 aliphatic carbocycles. The van der Waals surface area contributed by atoms with Crippen molar-refractivity contribution in [2.24, 2.45) is 5.41 Å². The maximum Gasteiger partial charge on any atom is 0.0359 e. The maximum absolute atomic E-state index is 5.89. The van der Waals surface area contributed by atoms with Gasteiger partial charge in [0.25, 0.3) is 0 Å². The number of anilines is 1. The average Bonchev–Trinajstić information content (AvgIpc) is 2.05. The molecule has 0 unspecified atom stereocenters. The second kappa shape index (κ2) is 3.28. The van der Waals surface area contributed by atoms with Crippen LogP contribution < -0.4 is 5.73 Å². The minimum absolute atomic E-state index is 0.504. The number of nitrogens with two attached hydrogens (primary N) is 1. The predicted molar refractivity (Wildman–Crippen MR) is 59.9 cm³/mol. The van der Waals surface area contributed by atoms with Gasteiger partial charge in [-0.15, -0.1) is 0 Å². The van der Waals surface area contributed by atoms with Gasteiger partial charge in [-0.05, 0) is 17.0 Å². The number of hydrogen-bond acceptors (Lipinski definition) is 2. The van der Waals surface area contributed by atoms with Gasteiger partial charge >= 0.3 is 0 Å². The summed E-state index contributed by atoms with van der Waals surface area (Å²) in [7, 11) is 0. The third-order valence-electron chi connectivity index (χ3n) is 2.75. The van der Waals surface area contributed by atoms with Crippen LogP contribution in [0.4, 0.5) is 5.69 Å². The van der Waals surface area contributed by atoms with Crippen LogP contribution >= 0.6 is 0 Å². The number of benzene rings is 1. The third kappa shape index (κ3) is 1.90. The largest absolute Gasteiger partial charge is 0.398 e. The summed E-state index contributed by atoms with van der Waals surface area (Å²) in [6.07, 6.45) is 0. The molecular weight excluding hydrogens is 172 g/mol. The van der Waals surface area contributed by atoms with Gasteiger partial charge in [0.05, 0.1) is 0 Å². The van der Waals surface area contributed by atoms with Crippen LogP contribution in [0.2, 0.25) is 0 Å². The van der Waals surface area contributed by atoms with Crippen molar-refractivity contribution >= 4 is 5.69 Å². The molecule has 0 saturated carbocycles. The molecule has 0 atom stereocenters. The molecule has 2 N–H and O–H groups in total. The van der Waals surface area contributed by atoms with E-state index in [2.05, 4.69) is 30.9 Å². The fourth-order valence-corrected chi connectivity index (χ4v) is 2.20. The summed E-state index contributed by atoms with van der Waals surface area (Å²) in [6, 6.07) is 8.12. The number of likely N-dealkylation sites (tertiary alicyclic amines) is 1. The van der Waals surface area contributed by atoms with Crippen LogP contribution in [0, 0.1) is 5.41 Å². The summed E-state index contributed by atoms with van der Waals surface area (Å²) in [6.45, 7) is 7.97. The summed E-state index contributed by atoms with van der Waals surface area (Å²) in [4.78, 5) is 2.44. The molecule has 76 valence electrons. The SMILES string of the molecule is CC1(C)CN(Cc2ccccc2N)C1. The highest BCUT2D eigenvalue weighted by Gasteiger charge is 2.33. The number of hydrogen-bond donors (Lipinski definition) is 1. The highest BCUT2D eigenvalue weighted by atomic mass is 15.2. The van der Waals surface area contributed by atoms with Crippen molar-refractivity contribution in [1.82, 2.24) is 4.90 Å². The van der Waals surface area contributed by atoms with Crippen LogP contribution in [-0.2, 0) is 6.54 Å². The highest BCUT2D eigenvalue weighted by Crippen LogP contribution is 2.30. The van der Waals surface area contributed by atoms with Crippen LogP contribution in [0.5, 0.6) is 0 Å². The van der Waals surface area contributed by atoms with E-state index < -0.39 is 0 Å². The molecule has 1 aromatic rings. The number of para-hydroxylation sites is 1. The lowest BCUT2D eigenvalue weighted by atomic mass is 9.84. The first-order valence-corrected chi connectivity index (χ1v) is 5.13. The molecule has 0 spiro atoms. The van der Waals surface area contributed by atoms with Gasteiger partial charge in [-0.3, -0.25) is 4.90 Å². The first-order chi connectivity index (χ1) is 6.57. The van der Waals surface area contributed by atoms with Crippen molar-refractivity contribution in [3.63, 3.8) is 0 Å². The molecule has 2 heteroatoms. The normalized spacial score (nSPS) is 20.4. The van der Waals surface area contributed by atoms with Crippen molar-refractivity contribution in [3.8, 4) is 0 Å². The third-order valence-corrected chi connectivity index (χ3v) is 2.75. The Morgan fingerprint density at radius 2 is 1.93 bits per heavy atom. The first-order valence-electron chi connectivity index (χ1n) is 5.13. The second-order valence-corrected chi connectivity index (χ2v) is 5.01. The fourth-order valence-electron chi connectivity index (χ4n) is 2.20. The quantitative estimate of drug-likeness (QED) is 0.724. The van der Waals surface area contributed by atoms with E-state index in [9.17, 15) is 0 Å². The number of nitrogens with zero attached hydrogens (tertiary/aromatic N) is 1. The van der Waals surface area contributed by atoms with Crippen LogP contribution in [0.25, 0.3) is 0 Å². The van der Waals surface area contributed by atoms with Gasteiger partial charge in [0.15, 0.2) is 0 Å². The molecule has 0 aromatic heterocycles. The molecule has 1 fully saturated rings. The summed E-state index contributed by atoms with van der Waals surface area (Å²) in [5.74, 6) is 0. The number of rotatable bonds is 2. The summed E-state index contributed by atoms with van der Waals surface area (Å²) in [5, 5.41) is 0. The highest BCUT2D eigenvalue weighted by molar-refractivity contribution is 5.46. The van der Waals surface area contributed by atoms with E-state index in [1.807, 2.05) is 12.1 Å². The van der Waals surface area contributed by atoms with Crippen molar-refractivity contribution in [1.29, 1.82) is 0 Å². The van der Waals surface area contributed by atoms with E-state index in [1.165, 1.54) is 18.7 Å². The lowest BCUT2D eigenvalue weighted by Gasteiger charge is -2.46. The lowest BCUT2D eigenvalue weighted by Crippen LogP contribution is -2.52. The molecule has 0 bridgehead atoms. The zero-order valence-electron chi connectivity index (χ0n) is 8.96. The van der Waals surface area contributed by atoms with E-state index in [0.717, 1.165) is 12.2 Å². The number of nitrogen functional groups attached to an aromatic ring is 1. The molecule has 1 aliphatic heterocycles. The van der Waals surface area contributed by atoms with E-state index in [-0.39, 0.29) is 0 Å². The zero-order chi connectivity index (χ0) is 10.2. The van der Waals surface area contributed by atoms with Crippen molar-refractivity contribution in [3.05, 3.63) is 29.8 Å². The Morgan fingerprint density at radius 1 is 1.29 bits per heavy atom. The maximum atomic E-state index is 5.89. The van der Waals surface area contributed by atoms with Crippen molar-refractivity contribution in [2.75, 3.05) is 18.8 Å². The van der Waals surface area contributed by atoms with E-state index in [1.54, 1.807) is 0 Å². The Kier molecular flexibility index (Phi) is 2.23. The molecule has 2 nitrogen and oxygen atoms in total. The summed E-state index contributed by atoms with van der Waals surface area (Å²) >= 11 is 0. The molecule has 14 heavy (non-hydrogen) atoms. The Labute approximate surface area is 85.7 Å². The topological polar surface area (TPSA) is 29.3 Å². The monoisotopic (exact) mass is 190 g/mol. The van der Waals surface area contributed by atoms with Crippen LogP contribution in [0.1, 0.15) is 19.4 Å². The average molecular weight is 190 g/mol. The summed E-state index contributed by atoms with van der Waals surface area (Å²) in [5.41, 5.74) is 8.56. The zero-order valence-corrected chi connectivity index (χ0v) is 8.96. The minimum Gasteiger partial charge on any atom is -0.398 e. The first kappa shape index (κ1) is 9.53. The van der Waals surface area contributed by atoms with Gasteiger partial charge in [-0.1, -0.05) is 32.0 Å². The smallest absolute Gasteiger partial charge is 0.0359 e. The molecule has 0 amide bonds. The molecule has 0 radical (unpaired) electrons. The van der Waals surface area contributed by atoms with Crippen LogP contribution in [0.15, 0.2) is 24.3 Å². The predicted octanol–water partition coefficient (Wildman–Crippen LogP) is 2.11. The van der Waals surface area contributed by atoms with Crippen molar-refractivity contribution in [2.45, 2.75) is 20.4 Å². The van der Waals surface area contributed by atoms with Crippen molar-refractivity contribution < 1.29 is 0 Å². The minimum atomic E-state index is 0.504. The van der Waals surface area contributed by atoms with Gasteiger partial charge < -0.3 is 5.73 Å². The van der Waals surface area contributed by atoms with E-state index in [0.29, 0.717) is 5.41 Å². The Balaban J connectivity index is 1.97. The Hall–Kier alpha value is -1.02. The molecular formula is C12H18N2. The van der Waals surface area contributed by atoms with E-state index >= 15 is 0 Å². The molecule has 1 heterocycles. The van der Waals surface area contributed by atoms with Gasteiger partial charge in [0.1, 0.15) is 0 Å². The second-order valence-electron chi connectivity index (χ2n) is 5.01.